The lowest BCUT2D eigenvalue weighted by Gasteiger charge is -2.09. The SMILES string of the molecule is Cc1[nH]ncc1S(=O)(=O)Nc1cccc(Cl)c1Br. The molecule has 1 aromatic heterocycles. The third kappa shape index (κ3) is 2.52. The van der Waals surface area contributed by atoms with Crippen LogP contribution in [0.3, 0.4) is 0 Å². The van der Waals surface area contributed by atoms with Gasteiger partial charge in [0, 0.05) is 0 Å². The van der Waals surface area contributed by atoms with E-state index in [2.05, 4.69) is 30.8 Å². The van der Waals surface area contributed by atoms with E-state index >= 15 is 0 Å². The first-order valence-electron chi connectivity index (χ1n) is 4.88. The minimum Gasteiger partial charge on any atom is -0.281 e. The molecule has 0 radical (unpaired) electrons. The lowest BCUT2D eigenvalue weighted by atomic mass is 10.3. The third-order valence-corrected chi connectivity index (χ3v) is 5.15. The average Bonchev–Trinajstić information content (AvgIpc) is 2.72. The fourth-order valence-electron chi connectivity index (χ4n) is 1.39. The first kappa shape index (κ1) is 13.4. The molecule has 0 amide bonds. The summed E-state index contributed by atoms with van der Waals surface area (Å²) in [5.41, 5.74) is 0.851. The molecule has 0 bridgehead atoms. The molecule has 0 aliphatic carbocycles. The van der Waals surface area contributed by atoms with Crippen molar-refractivity contribution < 1.29 is 8.42 Å². The summed E-state index contributed by atoms with van der Waals surface area (Å²) in [6.45, 7) is 1.63. The Kier molecular flexibility index (Phi) is 3.65. The van der Waals surface area contributed by atoms with E-state index in [4.69, 9.17) is 11.6 Å². The molecular weight excluding hydrogens is 342 g/mol. The van der Waals surface area contributed by atoms with Crippen molar-refractivity contribution in [1.29, 1.82) is 0 Å². The number of aryl methyl sites for hydroxylation is 1. The number of benzene rings is 1. The standard InChI is InChI=1S/C10H9BrClN3O2S/c1-6-9(5-13-14-6)18(16,17)15-8-4-2-3-7(12)10(8)11/h2-5,15H,1H3,(H,13,14). The zero-order valence-corrected chi connectivity index (χ0v) is 12.4. The fourth-order valence-corrected chi connectivity index (χ4v) is 3.27. The molecule has 0 saturated heterocycles. The Labute approximate surface area is 118 Å². The van der Waals surface area contributed by atoms with E-state index in [0.717, 1.165) is 0 Å². The number of hydrogen-bond donors (Lipinski definition) is 2. The van der Waals surface area contributed by atoms with Gasteiger partial charge in [0.15, 0.2) is 0 Å². The highest BCUT2D eigenvalue weighted by Crippen LogP contribution is 2.31. The molecule has 18 heavy (non-hydrogen) atoms. The molecule has 0 unspecified atom stereocenters. The molecule has 0 atom stereocenters. The summed E-state index contributed by atoms with van der Waals surface area (Å²) in [6.07, 6.45) is 1.26. The van der Waals surface area contributed by atoms with Gasteiger partial charge in [-0.1, -0.05) is 17.7 Å². The van der Waals surface area contributed by atoms with Crippen LogP contribution < -0.4 is 4.72 Å². The summed E-state index contributed by atoms with van der Waals surface area (Å²) in [5.74, 6) is 0. The van der Waals surface area contributed by atoms with Crippen LogP contribution >= 0.6 is 27.5 Å². The normalized spacial score (nSPS) is 11.5. The Morgan fingerprint density at radius 2 is 2.17 bits per heavy atom. The predicted molar refractivity (Wildman–Crippen MR) is 73.3 cm³/mol. The summed E-state index contributed by atoms with van der Waals surface area (Å²) < 4.78 is 27.2. The van der Waals surface area contributed by atoms with Gasteiger partial charge in [-0.3, -0.25) is 9.82 Å². The topological polar surface area (TPSA) is 74.8 Å². The van der Waals surface area contributed by atoms with Gasteiger partial charge >= 0.3 is 0 Å². The summed E-state index contributed by atoms with van der Waals surface area (Å²) in [7, 11) is -3.67. The van der Waals surface area contributed by atoms with Gasteiger partial charge < -0.3 is 0 Å². The molecular formula is C10H9BrClN3O2S. The number of rotatable bonds is 3. The van der Waals surface area contributed by atoms with E-state index < -0.39 is 10.0 Å². The second-order valence-electron chi connectivity index (χ2n) is 3.57. The maximum atomic E-state index is 12.1. The van der Waals surface area contributed by atoms with Crippen LogP contribution in [0.2, 0.25) is 5.02 Å². The molecule has 0 spiro atoms. The van der Waals surface area contributed by atoms with E-state index in [1.165, 1.54) is 6.20 Å². The van der Waals surface area contributed by atoms with Crippen LogP contribution in [0.5, 0.6) is 0 Å². The first-order valence-corrected chi connectivity index (χ1v) is 7.54. The van der Waals surface area contributed by atoms with Crippen molar-refractivity contribution in [1.82, 2.24) is 10.2 Å². The minimum absolute atomic E-state index is 0.106. The molecule has 5 nitrogen and oxygen atoms in total. The third-order valence-electron chi connectivity index (χ3n) is 2.27. The summed E-state index contributed by atoms with van der Waals surface area (Å²) in [6, 6.07) is 4.93. The van der Waals surface area contributed by atoms with Crippen molar-refractivity contribution in [2.24, 2.45) is 0 Å². The average molecular weight is 351 g/mol. The van der Waals surface area contributed by atoms with E-state index in [9.17, 15) is 8.42 Å². The molecule has 8 heteroatoms. The highest BCUT2D eigenvalue weighted by molar-refractivity contribution is 9.10. The molecule has 2 N–H and O–H groups in total. The van der Waals surface area contributed by atoms with Crippen LogP contribution in [-0.4, -0.2) is 18.6 Å². The fraction of sp³-hybridized carbons (Fsp3) is 0.100. The maximum Gasteiger partial charge on any atom is 0.265 e. The maximum absolute atomic E-state index is 12.1. The van der Waals surface area contributed by atoms with Crippen LogP contribution in [0.25, 0.3) is 0 Å². The number of hydrogen-bond acceptors (Lipinski definition) is 3. The quantitative estimate of drug-likeness (QED) is 0.893. The van der Waals surface area contributed by atoms with Gasteiger partial charge in [0.1, 0.15) is 4.90 Å². The number of nitrogens with zero attached hydrogens (tertiary/aromatic N) is 1. The number of nitrogens with one attached hydrogen (secondary N) is 2. The van der Waals surface area contributed by atoms with E-state index in [1.54, 1.807) is 25.1 Å². The Hall–Kier alpha value is -1.05. The summed E-state index contributed by atoms with van der Waals surface area (Å²) in [5, 5.41) is 6.70. The van der Waals surface area contributed by atoms with Crippen LogP contribution in [0.4, 0.5) is 5.69 Å². The molecule has 96 valence electrons. The number of anilines is 1. The number of aromatic nitrogens is 2. The van der Waals surface area contributed by atoms with Gasteiger partial charge in [-0.2, -0.15) is 5.10 Å². The van der Waals surface area contributed by atoms with Crippen molar-refractivity contribution in [3.05, 3.63) is 39.6 Å². The molecule has 1 heterocycles. The summed E-state index contributed by atoms with van der Waals surface area (Å²) >= 11 is 9.13. The molecule has 0 aliphatic rings. The monoisotopic (exact) mass is 349 g/mol. The highest BCUT2D eigenvalue weighted by Gasteiger charge is 2.20. The number of halogens is 2. The van der Waals surface area contributed by atoms with E-state index in [0.29, 0.717) is 20.9 Å². The van der Waals surface area contributed by atoms with Crippen molar-refractivity contribution in [3.8, 4) is 0 Å². The Bertz CT molecular complexity index is 684. The second kappa shape index (κ2) is 4.91. The van der Waals surface area contributed by atoms with Gasteiger partial charge in [0.25, 0.3) is 10.0 Å². The van der Waals surface area contributed by atoms with Crippen molar-refractivity contribution in [2.75, 3.05) is 4.72 Å². The number of sulfonamides is 1. The van der Waals surface area contributed by atoms with Crippen LogP contribution in [0.15, 0.2) is 33.8 Å². The number of aromatic amines is 1. The van der Waals surface area contributed by atoms with E-state index in [-0.39, 0.29) is 4.90 Å². The molecule has 1 aromatic carbocycles. The molecule has 0 saturated carbocycles. The highest BCUT2D eigenvalue weighted by atomic mass is 79.9. The Morgan fingerprint density at radius 1 is 1.44 bits per heavy atom. The van der Waals surface area contributed by atoms with Crippen LogP contribution in [0, 0.1) is 6.92 Å². The predicted octanol–water partition coefficient (Wildman–Crippen LogP) is 2.93. The molecule has 0 aliphatic heterocycles. The van der Waals surface area contributed by atoms with Crippen molar-refractivity contribution in [2.45, 2.75) is 11.8 Å². The lowest BCUT2D eigenvalue weighted by molar-refractivity contribution is 0.600. The first-order chi connectivity index (χ1) is 8.42. The van der Waals surface area contributed by atoms with Crippen molar-refractivity contribution >= 4 is 43.2 Å². The van der Waals surface area contributed by atoms with Crippen molar-refractivity contribution in [3.63, 3.8) is 0 Å². The Morgan fingerprint density at radius 3 is 2.78 bits per heavy atom. The van der Waals surface area contributed by atoms with Gasteiger partial charge in [-0.05, 0) is 35.0 Å². The van der Waals surface area contributed by atoms with Gasteiger partial charge in [0.05, 0.1) is 27.1 Å². The summed E-state index contributed by atoms with van der Waals surface area (Å²) in [4.78, 5) is 0.106. The zero-order chi connectivity index (χ0) is 13.3. The van der Waals surface area contributed by atoms with E-state index in [1.807, 2.05) is 0 Å². The molecule has 2 rings (SSSR count). The molecule has 0 fully saturated rings. The lowest BCUT2D eigenvalue weighted by Crippen LogP contribution is -2.13. The largest absolute Gasteiger partial charge is 0.281 e. The minimum atomic E-state index is -3.67. The second-order valence-corrected chi connectivity index (χ2v) is 6.42. The number of H-pyrrole nitrogens is 1. The zero-order valence-electron chi connectivity index (χ0n) is 9.24. The smallest absolute Gasteiger partial charge is 0.265 e. The Balaban J connectivity index is 2.40. The molecule has 2 aromatic rings. The van der Waals surface area contributed by atoms with Gasteiger partial charge in [0.2, 0.25) is 0 Å². The van der Waals surface area contributed by atoms with Gasteiger partial charge in [-0.15, -0.1) is 0 Å². The van der Waals surface area contributed by atoms with Crippen LogP contribution in [-0.2, 0) is 10.0 Å². The van der Waals surface area contributed by atoms with Crippen LogP contribution in [0.1, 0.15) is 5.69 Å². The van der Waals surface area contributed by atoms with Gasteiger partial charge in [-0.25, -0.2) is 8.42 Å².